The summed E-state index contributed by atoms with van der Waals surface area (Å²) in [5.41, 5.74) is -0.329. The maximum Gasteiger partial charge on any atom is 0.251 e. The number of benzene rings is 1. The molecule has 2 aromatic rings. The molecule has 1 aliphatic heterocycles. The van der Waals surface area contributed by atoms with Crippen LogP contribution in [0.15, 0.2) is 42.7 Å². The van der Waals surface area contributed by atoms with Crippen molar-refractivity contribution in [2.24, 2.45) is 0 Å². The van der Waals surface area contributed by atoms with Gasteiger partial charge in [-0.15, -0.1) is 0 Å². The predicted molar refractivity (Wildman–Crippen MR) is 114 cm³/mol. The topological polar surface area (TPSA) is 94.6 Å². The molecule has 3 amide bonds. The number of anilines is 1. The van der Waals surface area contributed by atoms with E-state index in [-0.39, 0.29) is 18.7 Å². The summed E-state index contributed by atoms with van der Waals surface area (Å²) in [6.45, 7) is 1.63. The summed E-state index contributed by atoms with van der Waals surface area (Å²) in [5, 5.41) is 5.12. The van der Waals surface area contributed by atoms with Gasteiger partial charge in [0.15, 0.2) is 0 Å². The van der Waals surface area contributed by atoms with Crippen LogP contribution in [0.5, 0.6) is 0 Å². The Balaban J connectivity index is 1.65. The quantitative estimate of drug-likeness (QED) is 0.593. The molecule has 0 bridgehead atoms. The Morgan fingerprint density at radius 1 is 1.16 bits per heavy atom. The van der Waals surface area contributed by atoms with Crippen LogP contribution in [-0.4, -0.2) is 61.3 Å². The van der Waals surface area contributed by atoms with Gasteiger partial charge in [0.2, 0.25) is 12.3 Å². The van der Waals surface area contributed by atoms with Gasteiger partial charge in [-0.2, -0.15) is 0 Å². The number of nitrogens with zero attached hydrogens (tertiary/aromatic N) is 3. The van der Waals surface area contributed by atoms with Crippen LogP contribution in [-0.2, 0) is 19.9 Å². The standard InChI is InChI=1S/C22H25F2N5O3/c1-25-22(21(32)27-15-30,16-3-2-6-26-14-16)5-4-20(31)29-9-7-28(8-10-29)19-12-17(23)11-18(24)13-19/h2-3,6,11-15,25H,4-5,7-10H2,1H3,(H,27,30,32). The Kier molecular flexibility index (Phi) is 7.47. The molecule has 10 heteroatoms. The van der Waals surface area contributed by atoms with Crippen LogP contribution in [0.4, 0.5) is 14.5 Å². The molecule has 0 saturated carbocycles. The fourth-order valence-corrected chi connectivity index (χ4v) is 3.95. The Hall–Kier alpha value is -3.40. The van der Waals surface area contributed by atoms with E-state index in [1.54, 1.807) is 30.3 Å². The van der Waals surface area contributed by atoms with Gasteiger partial charge >= 0.3 is 0 Å². The highest BCUT2D eigenvalue weighted by Gasteiger charge is 2.39. The summed E-state index contributed by atoms with van der Waals surface area (Å²) in [7, 11) is 1.58. The third-order valence-electron chi connectivity index (χ3n) is 5.72. The lowest BCUT2D eigenvalue weighted by Gasteiger charge is -2.37. The number of aromatic nitrogens is 1. The molecule has 170 valence electrons. The number of pyridine rings is 1. The number of amides is 3. The third-order valence-corrected chi connectivity index (χ3v) is 5.72. The van der Waals surface area contributed by atoms with E-state index in [4.69, 9.17) is 0 Å². The van der Waals surface area contributed by atoms with Crippen molar-refractivity contribution in [3.8, 4) is 0 Å². The van der Waals surface area contributed by atoms with Crippen LogP contribution in [0.3, 0.4) is 0 Å². The summed E-state index contributed by atoms with van der Waals surface area (Å²) >= 11 is 0. The van der Waals surface area contributed by atoms with E-state index >= 15 is 0 Å². The maximum absolute atomic E-state index is 13.5. The molecule has 1 saturated heterocycles. The number of likely N-dealkylation sites (N-methyl/N-ethyl adjacent to an activating group) is 1. The van der Waals surface area contributed by atoms with Gasteiger partial charge in [-0.05, 0) is 37.2 Å². The number of carbonyl (C=O) groups excluding carboxylic acids is 3. The highest BCUT2D eigenvalue weighted by molar-refractivity contribution is 5.94. The molecule has 1 aromatic heterocycles. The minimum Gasteiger partial charge on any atom is -0.368 e. The number of piperazine rings is 1. The van der Waals surface area contributed by atoms with Crippen LogP contribution in [0.1, 0.15) is 18.4 Å². The molecule has 0 aliphatic carbocycles. The van der Waals surface area contributed by atoms with Gasteiger partial charge in [0.1, 0.15) is 17.2 Å². The molecule has 3 rings (SSSR count). The predicted octanol–water partition coefficient (Wildman–Crippen LogP) is 1.18. The smallest absolute Gasteiger partial charge is 0.251 e. The molecule has 1 unspecified atom stereocenters. The number of nitrogens with one attached hydrogen (secondary N) is 2. The van der Waals surface area contributed by atoms with Crippen molar-refractivity contribution in [2.75, 3.05) is 38.1 Å². The van der Waals surface area contributed by atoms with Gasteiger partial charge in [0.25, 0.3) is 5.91 Å². The number of rotatable bonds is 8. The Bertz CT molecular complexity index is 947. The Morgan fingerprint density at radius 3 is 2.41 bits per heavy atom. The van der Waals surface area contributed by atoms with E-state index < -0.39 is 23.1 Å². The van der Waals surface area contributed by atoms with E-state index in [0.717, 1.165) is 6.07 Å². The third kappa shape index (κ3) is 5.08. The van der Waals surface area contributed by atoms with Gasteiger partial charge < -0.3 is 15.1 Å². The summed E-state index contributed by atoms with van der Waals surface area (Å²) in [6.07, 6.45) is 3.56. The minimum atomic E-state index is -1.30. The van der Waals surface area contributed by atoms with Crippen molar-refractivity contribution < 1.29 is 23.2 Å². The Labute approximate surface area is 184 Å². The summed E-state index contributed by atoms with van der Waals surface area (Å²) in [4.78, 5) is 44.0. The average Bonchev–Trinajstić information content (AvgIpc) is 2.80. The van der Waals surface area contributed by atoms with Gasteiger partial charge in [-0.25, -0.2) is 8.78 Å². The molecule has 1 atom stereocenters. The van der Waals surface area contributed by atoms with Gasteiger partial charge in [0, 0.05) is 56.7 Å². The number of halogens is 2. The van der Waals surface area contributed by atoms with E-state index in [2.05, 4.69) is 15.6 Å². The minimum absolute atomic E-state index is 0.0522. The Morgan fingerprint density at radius 2 is 1.84 bits per heavy atom. The zero-order valence-electron chi connectivity index (χ0n) is 17.7. The molecule has 2 N–H and O–H groups in total. The average molecular weight is 445 g/mol. The zero-order valence-corrected chi connectivity index (χ0v) is 17.7. The molecule has 2 heterocycles. The van der Waals surface area contributed by atoms with Crippen molar-refractivity contribution in [1.82, 2.24) is 20.5 Å². The van der Waals surface area contributed by atoms with Crippen LogP contribution >= 0.6 is 0 Å². The fraction of sp³-hybridized carbons (Fsp3) is 0.364. The fourth-order valence-electron chi connectivity index (χ4n) is 3.95. The van der Waals surface area contributed by atoms with Gasteiger partial charge in [-0.3, -0.25) is 24.7 Å². The molecule has 1 fully saturated rings. The second-order valence-electron chi connectivity index (χ2n) is 7.48. The lowest BCUT2D eigenvalue weighted by molar-refractivity contribution is -0.133. The van der Waals surface area contributed by atoms with E-state index in [1.807, 2.05) is 4.90 Å². The lowest BCUT2D eigenvalue weighted by Crippen LogP contribution is -2.54. The van der Waals surface area contributed by atoms with Crippen molar-refractivity contribution >= 4 is 23.9 Å². The summed E-state index contributed by atoms with van der Waals surface area (Å²) < 4.78 is 27.0. The normalized spacial score (nSPS) is 15.7. The molecule has 0 spiro atoms. The first kappa shape index (κ1) is 23.3. The second kappa shape index (κ2) is 10.3. The summed E-state index contributed by atoms with van der Waals surface area (Å²) in [6, 6.07) is 6.73. The van der Waals surface area contributed by atoms with E-state index in [0.29, 0.717) is 43.8 Å². The lowest BCUT2D eigenvalue weighted by atomic mass is 9.85. The largest absolute Gasteiger partial charge is 0.368 e. The summed E-state index contributed by atoms with van der Waals surface area (Å²) in [5.74, 6) is -2.02. The van der Waals surface area contributed by atoms with Crippen LogP contribution in [0.2, 0.25) is 0 Å². The number of imide groups is 1. The molecule has 32 heavy (non-hydrogen) atoms. The highest BCUT2D eigenvalue weighted by Crippen LogP contribution is 2.27. The van der Waals surface area contributed by atoms with Crippen molar-refractivity contribution in [2.45, 2.75) is 18.4 Å². The molecule has 8 nitrogen and oxygen atoms in total. The maximum atomic E-state index is 13.5. The first-order valence-corrected chi connectivity index (χ1v) is 10.2. The SMILES string of the molecule is CNC(CCC(=O)N1CCN(c2cc(F)cc(F)c2)CC1)(C(=O)NC=O)c1cccnc1. The molecular formula is C22H25F2N5O3. The monoisotopic (exact) mass is 445 g/mol. The molecule has 0 radical (unpaired) electrons. The van der Waals surface area contributed by atoms with E-state index in [1.165, 1.54) is 18.3 Å². The second-order valence-corrected chi connectivity index (χ2v) is 7.48. The van der Waals surface area contributed by atoms with Crippen molar-refractivity contribution in [3.05, 3.63) is 59.9 Å². The van der Waals surface area contributed by atoms with Gasteiger partial charge in [0.05, 0.1) is 0 Å². The van der Waals surface area contributed by atoms with Crippen LogP contribution in [0, 0.1) is 11.6 Å². The van der Waals surface area contributed by atoms with Crippen molar-refractivity contribution in [3.63, 3.8) is 0 Å². The first-order chi connectivity index (χ1) is 15.4. The number of carbonyl (C=O) groups is 3. The van der Waals surface area contributed by atoms with Gasteiger partial charge in [-0.1, -0.05) is 6.07 Å². The number of hydrogen-bond acceptors (Lipinski definition) is 6. The highest BCUT2D eigenvalue weighted by atomic mass is 19.1. The zero-order chi connectivity index (χ0) is 23.1. The van der Waals surface area contributed by atoms with Crippen LogP contribution < -0.4 is 15.5 Å². The number of hydrogen-bond donors (Lipinski definition) is 2. The van der Waals surface area contributed by atoms with Crippen LogP contribution in [0.25, 0.3) is 0 Å². The molecule has 1 aliphatic rings. The van der Waals surface area contributed by atoms with Crippen molar-refractivity contribution in [1.29, 1.82) is 0 Å². The molecule has 1 aromatic carbocycles. The first-order valence-electron chi connectivity index (χ1n) is 10.2. The van der Waals surface area contributed by atoms with E-state index in [9.17, 15) is 23.2 Å². The molecular weight excluding hydrogens is 420 g/mol.